The van der Waals surface area contributed by atoms with Gasteiger partial charge in [-0.3, -0.25) is 14.2 Å². The van der Waals surface area contributed by atoms with Crippen LogP contribution in [0.3, 0.4) is 0 Å². The van der Waals surface area contributed by atoms with Gasteiger partial charge in [-0.05, 0) is 60.9 Å². The van der Waals surface area contributed by atoms with Gasteiger partial charge in [-0.2, -0.15) is 0 Å². The highest BCUT2D eigenvalue weighted by atomic mass is 35.5. The van der Waals surface area contributed by atoms with Crippen molar-refractivity contribution < 1.29 is 4.79 Å². The lowest BCUT2D eigenvalue weighted by Gasteiger charge is -2.12. The fourth-order valence-electron chi connectivity index (χ4n) is 2.72. The number of halogens is 1. The zero-order chi connectivity index (χ0) is 18.7. The smallest absolute Gasteiger partial charge is 0.267 e. The lowest BCUT2D eigenvalue weighted by atomic mass is 10.1. The van der Waals surface area contributed by atoms with Gasteiger partial charge in [0.15, 0.2) is 0 Å². The number of aryl methyl sites for hydroxylation is 2. The molecule has 0 aliphatic rings. The van der Waals surface area contributed by atoms with Crippen molar-refractivity contribution >= 4 is 17.5 Å². The van der Waals surface area contributed by atoms with Crippen molar-refractivity contribution in [1.82, 2.24) is 9.88 Å². The molecule has 0 unspecified atom stereocenters. The van der Waals surface area contributed by atoms with Crippen LogP contribution < -0.4 is 10.9 Å². The maximum absolute atomic E-state index is 12.8. The van der Waals surface area contributed by atoms with Crippen LogP contribution >= 0.6 is 11.6 Å². The van der Waals surface area contributed by atoms with Crippen molar-refractivity contribution in [2.75, 3.05) is 0 Å². The number of benzene rings is 2. The van der Waals surface area contributed by atoms with E-state index in [-0.39, 0.29) is 11.1 Å². The molecule has 1 aromatic heterocycles. The van der Waals surface area contributed by atoms with Gasteiger partial charge in [-0.25, -0.2) is 0 Å². The summed E-state index contributed by atoms with van der Waals surface area (Å²) in [7, 11) is 0. The monoisotopic (exact) mass is 366 g/mol. The Balaban J connectivity index is 1.87. The molecule has 1 N–H and O–H groups in total. The van der Waals surface area contributed by atoms with Crippen LogP contribution in [-0.4, -0.2) is 10.5 Å². The Morgan fingerprint density at radius 1 is 1.08 bits per heavy atom. The SMILES string of the molecule is Cc1ccc(C)c(-n2cccc(C(=O)NCc3ccc(Cl)cc3)c2=O)c1. The van der Waals surface area contributed by atoms with E-state index in [1.165, 1.54) is 4.57 Å². The zero-order valence-corrected chi connectivity index (χ0v) is 15.4. The first-order chi connectivity index (χ1) is 12.5. The molecule has 3 aromatic rings. The summed E-state index contributed by atoms with van der Waals surface area (Å²) in [5.41, 5.74) is 3.49. The van der Waals surface area contributed by atoms with E-state index in [1.807, 2.05) is 44.2 Å². The van der Waals surface area contributed by atoms with Crippen molar-refractivity contribution in [3.05, 3.63) is 98.4 Å². The standard InChI is InChI=1S/C21H19ClN2O2/c1-14-5-6-15(2)19(12-14)24-11-3-4-18(21(24)26)20(25)23-13-16-7-9-17(22)10-8-16/h3-12H,13H2,1-2H3,(H,23,25). The van der Waals surface area contributed by atoms with Gasteiger partial charge >= 0.3 is 0 Å². The van der Waals surface area contributed by atoms with E-state index >= 15 is 0 Å². The van der Waals surface area contributed by atoms with Crippen molar-refractivity contribution in [2.24, 2.45) is 0 Å². The van der Waals surface area contributed by atoms with E-state index in [1.54, 1.807) is 30.5 Å². The van der Waals surface area contributed by atoms with Crippen LogP contribution in [0.25, 0.3) is 5.69 Å². The average Bonchev–Trinajstić information content (AvgIpc) is 2.63. The van der Waals surface area contributed by atoms with Gasteiger partial charge in [0.1, 0.15) is 5.56 Å². The molecular weight excluding hydrogens is 348 g/mol. The molecule has 0 saturated heterocycles. The van der Waals surface area contributed by atoms with E-state index in [2.05, 4.69) is 5.32 Å². The second-order valence-corrected chi connectivity index (χ2v) is 6.63. The number of rotatable bonds is 4. The van der Waals surface area contributed by atoms with E-state index in [9.17, 15) is 9.59 Å². The maximum atomic E-state index is 12.8. The number of hydrogen-bond acceptors (Lipinski definition) is 2. The number of nitrogens with zero attached hydrogens (tertiary/aromatic N) is 1. The number of nitrogens with one attached hydrogen (secondary N) is 1. The van der Waals surface area contributed by atoms with Gasteiger partial charge in [0.05, 0.1) is 5.69 Å². The van der Waals surface area contributed by atoms with Gasteiger partial charge in [0.25, 0.3) is 11.5 Å². The van der Waals surface area contributed by atoms with E-state index in [0.29, 0.717) is 11.6 Å². The minimum absolute atomic E-state index is 0.113. The molecule has 2 aromatic carbocycles. The molecule has 0 saturated carbocycles. The fraction of sp³-hybridized carbons (Fsp3) is 0.143. The summed E-state index contributed by atoms with van der Waals surface area (Å²) in [5, 5.41) is 3.42. The molecule has 0 aliphatic carbocycles. The second kappa shape index (κ2) is 7.58. The predicted octanol–water partition coefficient (Wildman–Crippen LogP) is 4.04. The van der Waals surface area contributed by atoms with Crippen LogP contribution in [0.2, 0.25) is 5.02 Å². The molecule has 0 aliphatic heterocycles. The summed E-state index contributed by atoms with van der Waals surface area (Å²) >= 11 is 5.86. The maximum Gasteiger partial charge on any atom is 0.267 e. The minimum atomic E-state index is -0.399. The summed E-state index contributed by atoms with van der Waals surface area (Å²) in [4.78, 5) is 25.3. The van der Waals surface area contributed by atoms with Crippen molar-refractivity contribution in [2.45, 2.75) is 20.4 Å². The summed E-state index contributed by atoms with van der Waals surface area (Å²) in [6.07, 6.45) is 1.68. The number of carbonyl (C=O) groups is 1. The number of pyridine rings is 1. The number of hydrogen-bond donors (Lipinski definition) is 1. The molecule has 0 radical (unpaired) electrons. The first-order valence-corrected chi connectivity index (χ1v) is 8.65. The van der Waals surface area contributed by atoms with Gasteiger partial charge in [0, 0.05) is 17.8 Å². The Kier molecular flexibility index (Phi) is 5.24. The van der Waals surface area contributed by atoms with Gasteiger partial charge in [-0.15, -0.1) is 0 Å². The third-order valence-corrected chi connectivity index (χ3v) is 4.43. The Bertz CT molecular complexity index is 1010. The summed E-state index contributed by atoms with van der Waals surface area (Å²) in [6, 6.07) is 16.3. The van der Waals surface area contributed by atoms with E-state index < -0.39 is 5.91 Å². The third kappa shape index (κ3) is 3.86. The van der Waals surface area contributed by atoms with E-state index in [4.69, 9.17) is 11.6 Å². The largest absolute Gasteiger partial charge is 0.348 e. The lowest BCUT2D eigenvalue weighted by molar-refractivity contribution is 0.0949. The topological polar surface area (TPSA) is 51.1 Å². The Morgan fingerprint density at radius 2 is 1.81 bits per heavy atom. The third-order valence-electron chi connectivity index (χ3n) is 4.18. The molecule has 0 spiro atoms. The minimum Gasteiger partial charge on any atom is -0.348 e. The van der Waals surface area contributed by atoms with Crippen LogP contribution in [0.5, 0.6) is 0 Å². The number of carbonyl (C=O) groups excluding carboxylic acids is 1. The highest BCUT2D eigenvalue weighted by Crippen LogP contribution is 2.14. The van der Waals surface area contributed by atoms with Crippen molar-refractivity contribution in [3.63, 3.8) is 0 Å². The summed E-state index contributed by atoms with van der Waals surface area (Å²) < 4.78 is 1.51. The highest BCUT2D eigenvalue weighted by Gasteiger charge is 2.13. The molecule has 1 heterocycles. The number of aromatic nitrogens is 1. The molecule has 26 heavy (non-hydrogen) atoms. The number of amides is 1. The van der Waals surface area contributed by atoms with Gasteiger partial charge in [0.2, 0.25) is 0 Å². The van der Waals surface area contributed by atoms with Gasteiger partial charge < -0.3 is 5.32 Å². The first kappa shape index (κ1) is 18.0. The normalized spacial score (nSPS) is 10.6. The molecule has 5 heteroatoms. The molecule has 0 fully saturated rings. The van der Waals surface area contributed by atoms with Crippen molar-refractivity contribution in [3.8, 4) is 5.69 Å². The summed E-state index contributed by atoms with van der Waals surface area (Å²) in [6.45, 7) is 4.24. The molecule has 132 valence electrons. The van der Waals surface area contributed by atoms with Crippen LogP contribution in [0.1, 0.15) is 27.0 Å². The summed E-state index contributed by atoms with van der Waals surface area (Å²) in [5.74, 6) is -0.399. The van der Waals surface area contributed by atoms with Gasteiger partial charge in [-0.1, -0.05) is 35.9 Å². The second-order valence-electron chi connectivity index (χ2n) is 6.20. The van der Waals surface area contributed by atoms with Crippen LogP contribution in [-0.2, 0) is 6.54 Å². The zero-order valence-electron chi connectivity index (χ0n) is 14.6. The molecule has 1 amide bonds. The molecule has 0 bridgehead atoms. The van der Waals surface area contributed by atoms with Crippen LogP contribution in [0, 0.1) is 13.8 Å². The highest BCUT2D eigenvalue weighted by molar-refractivity contribution is 6.30. The van der Waals surface area contributed by atoms with Crippen molar-refractivity contribution in [1.29, 1.82) is 0 Å². The predicted molar refractivity (Wildman–Crippen MR) is 104 cm³/mol. The first-order valence-electron chi connectivity index (χ1n) is 8.27. The Labute approximate surface area is 157 Å². The molecular formula is C21H19ClN2O2. The Morgan fingerprint density at radius 3 is 2.54 bits per heavy atom. The fourth-order valence-corrected chi connectivity index (χ4v) is 2.84. The van der Waals surface area contributed by atoms with E-state index in [0.717, 1.165) is 22.4 Å². The van der Waals surface area contributed by atoms with Crippen LogP contribution in [0.15, 0.2) is 65.6 Å². The molecule has 4 nitrogen and oxygen atoms in total. The lowest BCUT2D eigenvalue weighted by Crippen LogP contribution is -2.32. The molecule has 3 rings (SSSR count). The molecule has 0 atom stereocenters. The average molecular weight is 367 g/mol. The quantitative estimate of drug-likeness (QED) is 0.757. The Hall–Kier alpha value is -2.85. The van der Waals surface area contributed by atoms with Crippen LogP contribution in [0.4, 0.5) is 0 Å².